The van der Waals surface area contributed by atoms with Crippen LogP contribution in [0.1, 0.15) is 0 Å². The third-order valence-corrected chi connectivity index (χ3v) is 10.3. The summed E-state index contributed by atoms with van der Waals surface area (Å²) in [6, 6.07) is 60.7. The van der Waals surface area contributed by atoms with Crippen LogP contribution >= 0.6 is 0 Å². The summed E-state index contributed by atoms with van der Waals surface area (Å²) in [5.74, 6) is 0.654. The fourth-order valence-electron chi connectivity index (χ4n) is 8.06. The molecule has 3 heterocycles. The molecule has 10 aromatic rings. The molecule has 0 spiro atoms. The Balaban J connectivity index is 1.21. The molecule has 0 fully saturated rings. The second-order valence-electron chi connectivity index (χ2n) is 13.0. The summed E-state index contributed by atoms with van der Waals surface area (Å²) >= 11 is 0. The maximum absolute atomic E-state index is 5.50. The van der Waals surface area contributed by atoms with Crippen molar-refractivity contribution in [1.29, 1.82) is 0 Å². The maximum atomic E-state index is 5.50. The lowest BCUT2D eigenvalue weighted by Crippen LogP contribution is -2.18. The first-order chi connectivity index (χ1) is 24.8. The standard InChI is InChI=1S/C46H28N4/c1-2-16-33(17-3-1)49-40-22-9-7-18-34(40)35-25-24-32(28-42(35)49)45-37-19-6-8-21-39(37)47-46(48-45)50-41-23-11-15-29-14-10-20-36(44(29)41)38-26-30-12-4-5-13-31(30)27-43(38)50/h1-28H. The Labute approximate surface area is 288 Å². The quantitative estimate of drug-likeness (QED) is 0.193. The zero-order valence-corrected chi connectivity index (χ0v) is 27.0. The van der Waals surface area contributed by atoms with E-state index in [2.05, 4.69) is 179 Å². The van der Waals surface area contributed by atoms with Crippen molar-refractivity contribution in [2.45, 2.75) is 0 Å². The zero-order valence-electron chi connectivity index (χ0n) is 27.0. The van der Waals surface area contributed by atoms with Crippen molar-refractivity contribution in [1.82, 2.24) is 14.5 Å². The maximum Gasteiger partial charge on any atom is 0.235 e. The lowest BCUT2D eigenvalue weighted by Gasteiger charge is -2.32. The summed E-state index contributed by atoms with van der Waals surface area (Å²) in [7, 11) is 0. The second-order valence-corrected chi connectivity index (χ2v) is 13.0. The molecule has 0 N–H and O–H groups in total. The van der Waals surface area contributed by atoms with Gasteiger partial charge in [-0.3, -0.25) is 4.90 Å². The summed E-state index contributed by atoms with van der Waals surface area (Å²) in [6.07, 6.45) is 0. The van der Waals surface area contributed by atoms with Gasteiger partial charge in [0.05, 0.1) is 33.6 Å². The molecule has 1 aliphatic heterocycles. The number of benzene rings is 8. The molecule has 0 amide bonds. The van der Waals surface area contributed by atoms with Crippen molar-refractivity contribution in [3.8, 4) is 28.1 Å². The van der Waals surface area contributed by atoms with E-state index in [1.165, 1.54) is 49.0 Å². The molecular formula is C46H28N4. The van der Waals surface area contributed by atoms with E-state index in [-0.39, 0.29) is 0 Å². The van der Waals surface area contributed by atoms with Gasteiger partial charge in [0, 0.05) is 38.4 Å². The van der Waals surface area contributed by atoms with E-state index in [1.54, 1.807) is 0 Å². The summed E-state index contributed by atoms with van der Waals surface area (Å²) in [5.41, 5.74) is 10.9. The topological polar surface area (TPSA) is 34.0 Å². The van der Waals surface area contributed by atoms with Crippen LogP contribution in [-0.4, -0.2) is 14.5 Å². The summed E-state index contributed by atoms with van der Waals surface area (Å²) in [4.78, 5) is 13.1. The average molecular weight is 637 g/mol. The van der Waals surface area contributed by atoms with Gasteiger partial charge in [-0.25, -0.2) is 9.97 Å². The largest absolute Gasteiger partial charge is 0.309 e. The molecule has 11 rings (SSSR count). The molecule has 2 aromatic heterocycles. The molecule has 1 aliphatic rings. The Bertz CT molecular complexity index is 2990. The van der Waals surface area contributed by atoms with Crippen LogP contribution in [0, 0.1) is 0 Å². The molecule has 0 radical (unpaired) electrons. The van der Waals surface area contributed by atoms with Crippen molar-refractivity contribution in [3.05, 3.63) is 170 Å². The van der Waals surface area contributed by atoms with Crippen LogP contribution in [0.3, 0.4) is 0 Å². The molecule has 4 heteroatoms. The molecule has 0 unspecified atom stereocenters. The summed E-state index contributed by atoms with van der Waals surface area (Å²) in [5, 5.41) is 8.27. The van der Waals surface area contributed by atoms with Crippen molar-refractivity contribution >= 4 is 71.6 Å². The number of nitrogens with zero attached hydrogens (tertiary/aromatic N) is 4. The van der Waals surface area contributed by atoms with Gasteiger partial charge >= 0.3 is 0 Å². The first-order valence-corrected chi connectivity index (χ1v) is 17.0. The Morgan fingerprint density at radius 1 is 0.420 bits per heavy atom. The van der Waals surface area contributed by atoms with Crippen LogP contribution in [0.5, 0.6) is 0 Å². The fraction of sp³-hybridized carbons (Fsp3) is 0. The average Bonchev–Trinajstić information content (AvgIpc) is 3.51. The smallest absolute Gasteiger partial charge is 0.235 e. The zero-order chi connectivity index (χ0) is 32.8. The number of para-hydroxylation sites is 3. The van der Waals surface area contributed by atoms with Crippen molar-refractivity contribution in [3.63, 3.8) is 0 Å². The molecule has 0 aliphatic carbocycles. The molecule has 50 heavy (non-hydrogen) atoms. The van der Waals surface area contributed by atoms with E-state index in [0.717, 1.165) is 44.7 Å². The molecule has 4 nitrogen and oxygen atoms in total. The van der Waals surface area contributed by atoms with Gasteiger partial charge in [-0.05, 0) is 70.3 Å². The Morgan fingerprint density at radius 2 is 1.12 bits per heavy atom. The monoisotopic (exact) mass is 636 g/mol. The highest BCUT2D eigenvalue weighted by Gasteiger charge is 2.29. The van der Waals surface area contributed by atoms with E-state index < -0.39 is 0 Å². The van der Waals surface area contributed by atoms with Gasteiger partial charge in [-0.15, -0.1) is 0 Å². The number of anilines is 3. The van der Waals surface area contributed by atoms with Crippen molar-refractivity contribution in [2.75, 3.05) is 4.90 Å². The predicted octanol–water partition coefficient (Wildman–Crippen LogP) is 12.2. The van der Waals surface area contributed by atoms with Crippen molar-refractivity contribution < 1.29 is 0 Å². The molecule has 0 bridgehead atoms. The van der Waals surface area contributed by atoms with Crippen LogP contribution in [0.4, 0.5) is 17.3 Å². The highest BCUT2D eigenvalue weighted by atomic mass is 15.3. The van der Waals surface area contributed by atoms with Crippen LogP contribution in [0.25, 0.3) is 82.3 Å². The summed E-state index contributed by atoms with van der Waals surface area (Å²) in [6.45, 7) is 0. The minimum absolute atomic E-state index is 0.654. The Hall–Kier alpha value is -6.78. The van der Waals surface area contributed by atoms with Gasteiger partial charge in [0.15, 0.2) is 0 Å². The minimum Gasteiger partial charge on any atom is -0.309 e. The van der Waals surface area contributed by atoms with Crippen LogP contribution in [-0.2, 0) is 0 Å². The number of hydrogen-bond acceptors (Lipinski definition) is 3. The molecular weight excluding hydrogens is 609 g/mol. The number of fused-ring (bicyclic) bond motifs is 7. The molecule has 232 valence electrons. The fourth-order valence-corrected chi connectivity index (χ4v) is 8.06. The molecule has 0 saturated carbocycles. The van der Waals surface area contributed by atoms with Gasteiger partial charge in [-0.1, -0.05) is 121 Å². The Kier molecular flexibility index (Phi) is 5.63. The predicted molar refractivity (Wildman–Crippen MR) is 208 cm³/mol. The first kappa shape index (κ1) is 27.2. The van der Waals surface area contributed by atoms with E-state index in [1.807, 2.05) is 0 Å². The lowest BCUT2D eigenvalue weighted by molar-refractivity contribution is 1.11. The number of hydrogen-bond donors (Lipinski definition) is 0. The second kappa shape index (κ2) is 10.4. The van der Waals surface area contributed by atoms with Gasteiger partial charge in [-0.2, -0.15) is 0 Å². The van der Waals surface area contributed by atoms with E-state index in [0.29, 0.717) is 5.95 Å². The van der Waals surface area contributed by atoms with Crippen LogP contribution in [0.2, 0.25) is 0 Å². The lowest BCUT2D eigenvalue weighted by atomic mass is 9.89. The third kappa shape index (κ3) is 3.87. The van der Waals surface area contributed by atoms with Gasteiger partial charge in [0.2, 0.25) is 5.95 Å². The van der Waals surface area contributed by atoms with Gasteiger partial charge in [0.1, 0.15) is 0 Å². The summed E-state index contributed by atoms with van der Waals surface area (Å²) < 4.78 is 2.36. The van der Waals surface area contributed by atoms with Crippen molar-refractivity contribution in [2.24, 2.45) is 0 Å². The SMILES string of the molecule is c1ccc(-n2c3ccccc3c3ccc(-c4nc(N5c6cc7ccccc7cc6-c6cccc7cccc5c67)nc5ccccc45)cc32)cc1. The van der Waals surface area contributed by atoms with E-state index in [4.69, 9.17) is 9.97 Å². The first-order valence-electron chi connectivity index (χ1n) is 17.0. The molecule has 8 aromatic carbocycles. The normalized spacial score (nSPS) is 12.4. The number of aromatic nitrogens is 3. The molecule has 0 atom stereocenters. The highest BCUT2D eigenvalue weighted by molar-refractivity contribution is 6.16. The van der Waals surface area contributed by atoms with E-state index >= 15 is 0 Å². The number of rotatable bonds is 3. The van der Waals surface area contributed by atoms with Gasteiger partial charge in [0.25, 0.3) is 0 Å². The third-order valence-electron chi connectivity index (χ3n) is 10.3. The molecule has 0 saturated heterocycles. The van der Waals surface area contributed by atoms with Crippen LogP contribution in [0.15, 0.2) is 170 Å². The van der Waals surface area contributed by atoms with Crippen LogP contribution < -0.4 is 4.90 Å². The van der Waals surface area contributed by atoms with E-state index in [9.17, 15) is 0 Å². The highest BCUT2D eigenvalue weighted by Crippen LogP contribution is 2.51. The Morgan fingerprint density at radius 3 is 2.00 bits per heavy atom. The van der Waals surface area contributed by atoms with Gasteiger partial charge < -0.3 is 4.57 Å². The minimum atomic E-state index is 0.654.